The highest BCUT2D eigenvalue weighted by Crippen LogP contribution is 2.38. The van der Waals surface area contributed by atoms with Crippen LogP contribution >= 0.6 is 0 Å². The third kappa shape index (κ3) is 3.82. The summed E-state index contributed by atoms with van der Waals surface area (Å²) in [6.45, 7) is 6.22. The van der Waals surface area contributed by atoms with Gasteiger partial charge in [-0.2, -0.15) is 0 Å². The molecule has 0 aliphatic heterocycles. The van der Waals surface area contributed by atoms with Crippen LogP contribution in [0.15, 0.2) is 30.3 Å². The van der Waals surface area contributed by atoms with Crippen LogP contribution in [0.4, 0.5) is 0 Å². The molecular formula is C21H26N2O3. The number of carbonyl (C=O) groups is 2. The quantitative estimate of drug-likeness (QED) is 0.745. The van der Waals surface area contributed by atoms with E-state index in [-0.39, 0.29) is 12.5 Å². The highest BCUT2D eigenvalue weighted by molar-refractivity contribution is 5.92. The zero-order chi connectivity index (χ0) is 18.8. The largest absolute Gasteiger partial charge is 0.452 e. The summed E-state index contributed by atoms with van der Waals surface area (Å²) in [6, 6.07) is 10.3. The SMILES string of the molecule is Cc1ccccc1CN(C)C(=O)COC(=O)c1cc(C)n(C2CC2)c1C. The van der Waals surface area contributed by atoms with E-state index in [0.717, 1.165) is 35.4 Å². The number of aryl methyl sites for hydroxylation is 2. The van der Waals surface area contributed by atoms with Crippen LogP contribution in [0, 0.1) is 20.8 Å². The monoisotopic (exact) mass is 354 g/mol. The molecular weight excluding hydrogens is 328 g/mol. The Kier molecular flexibility index (Phi) is 5.16. The molecule has 1 amide bonds. The van der Waals surface area contributed by atoms with Crippen molar-refractivity contribution in [3.8, 4) is 0 Å². The van der Waals surface area contributed by atoms with Gasteiger partial charge in [-0.15, -0.1) is 0 Å². The summed E-state index contributed by atoms with van der Waals surface area (Å²) in [5.74, 6) is -0.639. The normalized spacial score (nSPS) is 13.5. The van der Waals surface area contributed by atoms with Gasteiger partial charge in [-0.25, -0.2) is 4.79 Å². The fraction of sp³-hybridized carbons (Fsp3) is 0.429. The number of esters is 1. The van der Waals surface area contributed by atoms with Gasteiger partial charge in [-0.3, -0.25) is 4.79 Å². The Morgan fingerprint density at radius 3 is 2.54 bits per heavy atom. The van der Waals surface area contributed by atoms with Crippen LogP contribution in [0.1, 0.15) is 51.8 Å². The zero-order valence-electron chi connectivity index (χ0n) is 15.9. The number of amides is 1. The van der Waals surface area contributed by atoms with Crippen LogP contribution in [0.3, 0.4) is 0 Å². The Bertz CT molecular complexity index is 834. The first-order chi connectivity index (χ1) is 12.4. The van der Waals surface area contributed by atoms with Gasteiger partial charge in [0, 0.05) is 31.0 Å². The van der Waals surface area contributed by atoms with E-state index in [0.29, 0.717) is 18.2 Å². The lowest BCUT2D eigenvalue weighted by atomic mass is 10.1. The van der Waals surface area contributed by atoms with Gasteiger partial charge in [0.2, 0.25) is 0 Å². The van der Waals surface area contributed by atoms with Crippen molar-refractivity contribution < 1.29 is 14.3 Å². The molecule has 2 aromatic rings. The summed E-state index contributed by atoms with van der Waals surface area (Å²) in [7, 11) is 1.72. The second-order valence-corrected chi connectivity index (χ2v) is 7.14. The highest BCUT2D eigenvalue weighted by Gasteiger charge is 2.29. The van der Waals surface area contributed by atoms with E-state index in [1.807, 2.05) is 51.1 Å². The Balaban J connectivity index is 1.58. The van der Waals surface area contributed by atoms with E-state index in [1.165, 1.54) is 0 Å². The third-order valence-electron chi connectivity index (χ3n) is 5.04. The molecule has 1 saturated carbocycles. The molecule has 1 aliphatic carbocycles. The minimum atomic E-state index is -0.428. The molecule has 5 nitrogen and oxygen atoms in total. The Morgan fingerprint density at radius 2 is 1.88 bits per heavy atom. The van der Waals surface area contributed by atoms with E-state index in [4.69, 9.17) is 4.74 Å². The van der Waals surface area contributed by atoms with Crippen LogP contribution in [0.2, 0.25) is 0 Å². The van der Waals surface area contributed by atoms with Gasteiger partial charge in [-0.1, -0.05) is 24.3 Å². The molecule has 3 rings (SSSR count). The van der Waals surface area contributed by atoms with Crippen LogP contribution in [0.5, 0.6) is 0 Å². The smallest absolute Gasteiger partial charge is 0.340 e. The first-order valence-corrected chi connectivity index (χ1v) is 9.02. The molecule has 0 spiro atoms. The zero-order valence-corrected chi connectivity index (χ0v) is 15.9. The first kappa shape index (κ1) is 18.2. The molecule has 138 valence electrons. The summed E-state index contributed by atoms with van der Waals surface area (Å²) in [4.78, 5) is 26.3. The lowest BCUT2D eigenvalue weighted by Crippen LogP contribution is -2.31. The molecule has 1 aromatic heterocycles. The lowest BCUT2D eigenvalue weighted by Gasteiger charge is -2.18. The molecule has 1 aromatic carbocycles. The van der Waals surface area contributed by atoms with Crippen LogP contribution in [-0.4, -0.2) is 35.0 Å². The predicted molar refractivity (Wildman–Crippen MR) is 100 cm³/mol. The van der Waals surface area contributed by atoms with Crippen molar-refractivity contribution in [1.29, 1.82) is 0 Å². The minimum absolute atomic E-state index is 0.211. The van der Waals surface area contributed by atoms with Gasteiger partial charge >= 0.3 is 5.97 Å². The summed E-state index contributed by atoms with van der Waals surface area (Å²) in [5.41, 5.74) is 4.78. The number of nitrogens with zero attached hydrogens (tertiary/aromatic N) is 2. The van der Waals surface area contributed by atoms with Gasteiger partial charge in [-0.05, 0) is 50.8 Å². The van der Waals surface area contributed by atoms with Gasteiger partial charge in [0.25, 0.3) is 5.91 Å². The van der Waals surface area contributed by atoms with Gasteiger partial charge in [0.15, 0.2) is 6.61 Å². The molecule has 5 heteroatoms. The highest BCUT2D eigenvalue weighted by atomic mass is 16.5. The topological polar surface area (TPSA) is 51.5 Å². The Hall–Kier alpha value is -2.56. The summed E-state index contributed by atoms with van der Waals surface area (Å²) in [6.07, 6.45) is 2.32. The molecule has 0 saturated heterocycles. The fourth-order valence-electron chi connectivity index (χ4n) is 3.32. The van der Waals surface area contributed by atoms with Crippen LogP contribution in [-0.2, 0) is 16.1 Å². The van der Waals surface area contributed by atoms with Crippen molar-refractivity contribution >= 4 is 11.9 Å². The fourth-order valence-corrected chi connectivity index (χ4v) is 3.32. The number of benzene rings is 1. The van der Waals surface area contributed by atoms with Crippen molar-refractivity contribution in [1.82, 2.24) is 9.47 Å². The molecule has 0 radical (unpaired) electrons. The number of likely N-dealkylation sites (N-methyl/N-ethyl adjacent to an activating group) is 1. The van der Waals surface area contributed by atoms with Crippen LogP contribution < -0.4 is 0 Å². The second-order valence-electron chi connectivity index (χ2n) is 7.14. The van der Waals surface area contributed by atoms with E-state index < -0.39 is 5.97 Å². The number of rotatable bonds is 6. The van der Waals surface area contributed by atoms with E-state index in [9.17, 15) is 9.59 Å². The second kappa shape index (κ2) is 7.36. The molecule has 26 heavy (non-hydrogen) atoms. The van der Waals surface area contributed by atoms with Crippen LogP contribution in [0.25, 0.3) is 0 Å². The van der Waals surface area contributed by atoms with E-state index in [1.54, 1.807) is 11.9 Å². The third-order valence-corrected chi connectivity index (χ3v) is 5.04. The molecule has 0 bridgehead atoms. The molecule has 0 atom stereocenters. The number of carbonyl (C=O) groups excluding carboxylic acids is 2. The summed E-state index contributed by atoms with van der Waals surface area (Å²) in [5, 5.41) is 0. The maximum absolute atomic E-state index is 12.4. The van der Waals surface area contributed by atoms with Crippen molar-refractivity contribution in [3.63, 3.8) is 0 Å². The summed E-state index contributed by atoms with van der Waals surface area (Å²) < 4.78 is 7.48. The average molecular weight is 354 g/mol. The van der Waals surface area contributed by atoms with E-state index >= 15 is 0 Å². The maximum atomic E-state index is 12.4. The Labute approximate surface area is 154 Å². The molecule has 0 unspecified atom stereocenters. The van der Waals surface area contributed by atoms with Crippen molar-refractivity contribution in [2.45, 2.75) is 46.2 Å². The molecule has 1 fully saturated rings. The van der Waals surface area contributed by atoms with Gasteiger partial charge in [0.05, 0.1) is 5.56 Å². The summed E-state index contributed by atoms with van der Waals surface area (Å²) >= 11 is 0. The molecule has 0 N–H and O–H groups in total. The number of aromatic nitrogens is 1. The lowest BCUT2D eigenvalue weighted by molar-refractivity contribution is -0.133. The maximum Gasteiger partial charge on any atom is 0.340 e. The molecule has 1 aliphatic rings. The number of ether oxygens (including phenoxy) is 1. The number of hydrogen-bond donors (Lipinski definition) is 0. The van der Waals surface area contributed by atoms with Crippen molar-refractivity contribution in [3.05, 3.63) is 58.4 Å². The standard InChI is InChI=1S/C21H26N2O3/c1-14-7-5-6-8-17(14)12-22(4)20(24)13-26-21(25)19-11-15(2)23(16(19)3)18-9-10-18/h5-8,11,18H,9-10,12-13H2,1-4H3. The first-order valence-electron chi connectivity index (χ1n) is 9.02. The average Bonchev–Trinajstić information content (AvgIpc) is 3.39. The van der Waals surface area contributed by atoms with Gasteiger partial charge in [0.1, 0.15) is 0 Å². The Morgan fingerprint density at radius 1 is 1.19 bits per heavy atom. The predicted octanol–water partition coefficient (Wildman–Crippen LogP) is 3.56. The van der Waals surface area contributed by atoms with Gasteiger partial charge < -0.3 is 14.2 Å². The minimum Gasteiger partial charge on any atom is -0.452 e. The van der Waals surface area contributed by atoms with Crippen molar-refractivity contribution in [2.75, 3.05) is 13.7 Å². The van der Waals surface area contributed by atoms with E-state index in [2.05, 4.69) is 4.57 Å². The molecule has 1 heterocycles. The number of hydrogen-bond acceptors (Lipinski definition) is 3. The van der Waals surface area contributed by atoms with Crippen molar-refractivity contribution in [2.24, 2.45) is 0 Å².